The van der Waals surface area contributed by atoms with Gasteiger partial charge >= 0.3 is 0 Å². The van der Waals surface area contributed by atoms with Gasteiger partial charge in [0.25, 0.3) is 0 Å². The molecule has 0 heterocycles. The molecule has 1 heteroatoms. The fraction of sp³-hybridized carbons (Fsp3) is 0.158. The van der Waals surface area contributed by atoms with Crippen molar-refractivity contribution in [1.82, 2.24) is 0 Å². The first-order valence-corrected chi connectivity index (χ1v) is 14.3. The lowest BCUT2D eigenvalue weighted by Crippen LogP contribution is -2.11. The van der Waals surface area contributed by atoms with Crippen molar-refractivity contribution in [3.8, 4) is 0 Å². The van der Waals surface area contributed by atoms with Gasteiger partial charge in [0, 0.05) is 17.1 Å². The molecular weight excluding hydrogens is 470 g/mol. The van der Waals surface area contributed by atoms with Crippen LogP contribution in [0.1, 0.15) is 51.8 Å². The molecule has 0 bridgehead atoms. The molecule has 1 nitrogen and oxygen atoms in total. The lowest BCUT2D eigenvalue weighted by atomic mass is 9.95. The first-order chi connectivity index (χ1) is 19.3. The molecule has 39 heavy (non-hydrogen) atoms. The minimum atomic E-state index is 1.19. The summed E-state index contributed by atoms with van der Waals surface area (Å²) >= 11 is 0. The Balaban J connectivity index is 1.29. The van der Waals surface area contributed by atoms with Gasteiger partial charge in [0.2, 0.25) is 0 Å². The zero-order chi connectivity index (χ0) is 26.0. The quantitative estimate of drug-likeness (QED) is 0.208. The zero-order valence-corrected chi connectivity index (χ0v) is 22.3. The summed E-state index contributed by atoms with van der Waals surface area (Å²) in [5.74, 6) is 0. The Morgan fingerprint density at radius 3 is 1.44 bits per heavy atom. The van der Waals surface area contributed by atoms with E-state index in [0.717, 1.165) is 0 Å². The molecule has 0 amide bonds. The van der Waals surface area contributed by atoms with Gasteiger partial charge < -0.3 is 4.90 Å². The van der Waals surface area contributed by atoms with E-state index < -0.39 is 0 Å². The van der Waals surface area contributed by atoms with Gasteiger partial charge in [0.1, 0.15) is 0 Å². The van der Waals surface area contributed by atoms with Crippen LogP contribution in [0.2, 0.25) is 0 Å². The highest BCUT2D eigenvalue weighted by Crippen LogP contribution is 2.39. The Labute approximate surface area is 232 Å². The van der Waals surface area contributed by atoms with Crippen LogP contribution in [0.4, 0.5) is 17.1 Å². The number of hydrogen-bond acceptors (Lipinski definition) is 1. The third-order valence-electron chi connectivity index (χ3n) is 8.31. The van der Waals surface area contributed by atoms with Crippen LogP contribution in [0.25, 0.3) is 11.6 Å². The number of fused-ring (bicyclic) bond motifs is 2. The molecule has 190 valence electrons. The zero-order valence-electron chi connectivity index (χ0n) is 22.3. The molecule has 0 spiro atoms. The lowest BCUT2D eigenvalue weighted by Gasteiger charge is -2.27. The first-order valence-electron chi connectivity index (χ1n) is 14.3. The van der Waals surface area contributed by atoms with Gasteiger partial charge in [-0.05, 0) is 126 Å². The average molecular weight is 504 g/mol. The number of anilines is 3. The summed E-state index contributed by atoms with van der Waals surface area (Å²) in [6.45, 7) is 0. The van der Waals surface area contributed by atoms with Gasteiger partial charge in [-0.1, -0.05) is 84.9 Å². The Morgan fingerprint density at radius 2 is 0.923 bits per heavy atom. The molecule has 0 aromatic heterocycles. The van der Waals surface area contributed by atoms with Crippen molar-refractivity contribution in [2.45, 2.75) is 38.5 Å². The molecule has 0 N–H and O–H groups in total. The van der Waals surface area contributed by atoms with Gasteiger partial charge in [0.05, 0.1) is 0 Å². The SMILES string of the molecule is C(=C(c1ccccc1)c1ccccc1)c1ccc(N(c2ccc3c(c2)CCC3)c2ccc3c(c2)CCC3)cc1. The summed E-state index contributed by atoms with van der Waals surface area (Å²) in [6.07, 6.45) is 9.64. The maximum absolute atomic E-state index is 2.44. The predicted molar refractivity (Wildman–Crippen MR) is 165 cm³/mol. The van der Waals surface area contributed by atoms with Crippen LogP contribution >= 0.6 is 0 Å². The summed E-state index contributed by atoms with van der Waals surface area (Å²) in [7, 11) is 0. The van der Waals surface area contributed by atoms with Crippen LogP contribution in [0.5, 0.6) is 0 Å². The van der Waals surface area contributed by atoms with Crippen molar-refractivity contribution in [2.75, 3.05) is 4.90 Å². The van der Waals surface area contributed by atoms with Crippen molar-refractivity contribution >= 4 is 28.7 Å². The van der Waals surface area contributed by atoms with E-state index >= 15 is 0 Å². The van der Waals surface area contributed by atoms with Crippen molar-refractivity contribution in [2.24, 2.45) is 0 Å². The fourth-order valence-corrected chi connectivity index (χ4v) is 6.30. The second-order valence-corrected chi connectivity index (χ2v) is 10.8. The van der Waals surface area contributed by atoms with Crippen molar-refractivity contribution in [3.63, 3.8) is 0 Å². The van der Waals surface area contributed by atoms with Gasteiger partial charge in [-0.25, -0.2) is 0 Å². The number of rotatable bonds is 6. The highest BCUT2D eigenvalue weighted by molar-refractivity contribution is 5.91. The van der Waals surface area contributed by atoms with Gasteiger partial charge in [-0.15, -0.1) is 0 Å². The summed E-state index contributed by atoms with van der Waals surface area (Å²) in [5, 5.41) is 0. The number of nitrogens with zero attached hydrogens (tertiary/aromatic N) is 1. The van der Waals surface area contributed by atoms with Crippen molar-refractivity contribution in [3.05, 3.63) is 160 Å². The standard InChI is InChI=1S/C38H33N/c1-3-9-31(10-4-1)38(32-11-5-2-6-12-32)25-28-17-21-35(22-18-28)39(36-23-19-29-13-7-15-33(29)26-36)37-24-20-30-14-8-16-34(30)27-37/h1-6,9-12,17-27H,7-8,13-16H2. The molecule has 0 fully saturated rings. The molecule has 0 unspecified atom stereocenters. The molecule has 0 atom stereocenters. The number of aryl methyl sites for hydroxylation is 4. The van der Waals surface area contributed by atoms with E-state index in [1.54, 1.807) is 0 Å². The molecule has 5 aromatic carbocycles. The van der Waals surface area contributed by atoms with Gasteiger partial charge in [-0.2, -0.15) is 0 Å². The van der Waals surface area contributed by atoms with Crippen LogP contribution in [0.3, 0.4) is 0 Å². The Bertz CT molecular complexity index is 1530. The van der Waals surface area contributed by atoms with Gasteiger partial charge in [0.15, 0.2) is 0 Å². The van der Waals surface area contributed by atoms with Crippen LogP contribution in [0.15, 0.2) is 121 Å². The molecule has 0 radical (unpaired) electrons. The van der Waals surface area contributed by atoms with Crippen LogP contribution in [0, 0.1) is 0 Å². The number of benzene rings is 5. The van der Waals surface area contributed by atoms with E-state index in [2.05, 4.69) is 132 Å². The van der Waals surface area contributed by atoms with E-state index in [4.69, 9.17) is 0 Å². The normalized spacial score (nSPS) is 13.5. The van der Waals surface area contributed by atoms with E-state index in [9.17, 15) is 0 Å². The topological polar surface area (TPSA) is 3.24 Å². The summed E-state index contributed by atoms with van der Waals surface area (Å²) < 4.78 is 0. The molecular formula is C38H33N. The Kier molecular flexibility index (Phi) is 6.34. The minimum absolute atomic E-state index is 1.19. The van der Waals surface area contributed by atoms with Gasteiger partial charge in [-0.3, -0.25) is 0 Å². The maximum Gasteiger partial charge on any atom is 0.0464 e. The highest BCUT2D eigenvalue weighted by atomic mass is 15.1. The van der Waals surface area contributed by atoms with Crippen LogP contribution in [-0.2, 0) is 25.7 Å². The molecule has 7 rings (SSSR count). The second-order valence-electron chi connectivity index (χ2n) is 10.8. The van der Waals surface area contributed by atoms with E-state index in [1.807, 2.05) is 0 Å². The predicted octanol–water partition coefficient (Wildman–Crippen LogP) is 9.72. The monoisotopic (exact) mass is 503 g/mol. The maximum atomic E-state index is 2.44. The molecule has 0 saturated heterocycles. The van der Waals surface area contributed by atoms with E-state index in [0.29, 0.717) is 0 Å². The molecule has 0 aliphatic heterocycles. The van der Waals surface area contributed by atoms with E-state index in [1.165, 1.54) is 100 Å². The molecule has 2 aliphatic carbocycles. The molecule has 0 saturated carbocycles. The Hall–Kier alpha value is -4.36. The smallest absolute Gasteiger partial charge is 0.0464 e. The molecule has 2 aliphatic rings. The molecule has 5 aromatic rings. The summed E-state index contributed by atoms with van der Waals surface area (Å²) in [4.78, 5) is 2.44. The third kappa shape index (κ3) is 4.81. The third-order valence-corrected chi connectivity index (χ3v) is 8.31. The fourth-order valence-electron chi connectivity index (χ4n) is 6.30. The van der Waals surface area contributed by atoms with Crippen LogP contribution in [-0.4, -0.2) is 0 Å². The lowest BCUT2D eigenvalue weighted by molar-refractivity contribution is 0.911. The van der Waals surface area contributed by atoms with Crippen molar-refractivity contribution in [1.29, 1.82) is 0 Å². The minimum Gasteiger partial charge on any atom is -0.310 e. The van der Waals surface area contributed by atoms with Crippen molar-refractivity contribution < 1.29 is 0 Å². The average Bonchev–Trinajstić information content (AvgIpc) is 3.67. The van der Waals surface area contributed by atoms with E-state index in [-0.39, 0.29) is 0 Å². The summed E-state index contributed by atoms with van der Waals surface area (Å²) in [6, 6.07) is 44.6. The number of hydrogen-bond donors (Lipinski definition) is 0. The first kappa shape index (κ1) is 23.7. The Morgan fingerprint density at radius 1 is 0.462 bits per heavy atom. The largest absolute Gasteiger partial charge is 0.310 e. The van der Waals surface area contributed by atoms with Crippen LogP contribution < -0.4 is 4.90 Å². The highest BCUT2D eigenvalue weighted by Gasteiger charge is 2.19. The summed E-state index contributed by atoms with van der Waals surface area (Å²) in [5.41, 5.74) is 14.6. The second kappa shape index (κ2) is 10.4.